The molecule has 0 unspecified atom stereocenters. The summed E-state index contributed by atoms with van der Waals surface area (Å²) in [4.78, 5) is 2.35. The second-order valence-electron chi connectivity index (χ2n) is 4.38. The van der Waals surface area contributed by atoms with Crippen molar-refractivity contribution in [1.29, 1.82) is 0 Å². The predicted octanol–water partition coefficient (Wildman–Crippen LogP) is 4.58. The van der Waals surface area contributed by atoms with Gasteiger partial charge in [0.15, 0.2) is 0 Å². The molecule has 0 saturated heterocycles. The van der Waals surface area contributed by atoms with Crippen LogP contribution in [0.4, 0.5) is 4.39 Å². The van der Waals surface area contributed by atoms with Crippen molar-refractivity contribution in [2.24, 2.45) is 0 Å². The van der Waals surface area contributed by atoms with Gasteiger partial charge in [-0.3, -0.25) is 4.90 Å². The maximum Gasteiger partial charge on any atom is 0.124 e. The van der Waals surface area contributed by atoms with Crippen molar-refractivity contribution in [1.82, 2.24) is 4.90 Å². The van der Waals surface area contributed by atoms with Crippen LogP contribution in [0.1, 0.15) is 25.8 Å². The van der Waals surface area contributed by atoms with E-state index in [4.69, 9.17) is 0 Å². The number of benzene rings is 1. The van der Waals surface area contributed by atoms with Gasteiger partial charge in [0, 0.05) is 22.4 Å². The molecule has 0 spiro atoms. The Kier molecular flexibility index (Phi) is 6.67. The van der Waals surface area contributed by atoms with Gasteiger partial charge in [-0.05, 0) is 50.6 Å². The topological polar surface area (TPSA) is 3.24 Å². The van der Waals surface area contributed by atoms with Crippen molar-refractivity contribution >= 4 is 31.9 Å². The van der Waals surface area contributed by atoms with Crippen LogP contribution in [0.3, 0.4) is 0 Å². The first-order valence-corrected chi connectivity index (χ1v) is 7.69. The standard InChI is InChI=1S/C13H18Br2FN/c1-10(2)17(5-3-4-14)9-11-6-12(15)8-13(16)7-11/h6-8,10H,3-5,9H2,1-2H3. The average molecular weight is 367 g/mol. The lowest BCUT2D eigenvalue weighted by molar-refractivity contribution is 0.214. The summed E-state index contributed by atoms with van der Waals surface area (Å²) in [6, 6.07) is 5.54. The SMILES string of the molecule is CC(C)N(CCCBr)Cc1cc(F)cc(Br)c1. The van der Waals surface area contributed by atoms with Crippen LogP contribution in [0.2, 0.25) is 0 Å². The predicted molar refractivity (Wildman–Crippen MR) is 78.1 cm³/mol. The minimum absolute atomic E-state index is 0.182. The Morgan fingerprint density at radius 1 is 1.29 bits per heavy atom. The first-order chi connectivity index (χ1) is 8.02. The number of halogens is 3. The quantitative estimate of drug-likeness (QED) is 0.666. The van der Waals surface area contributed by atoms with Gasteiger partial charge in [0.2, 0.25) is 0 Å². The lowest BCUT2D eigenvalue weighted by Crippen LogP contribution is -2.31. The Morgan fingerprint density at radius 3 is 2.53 bits per heavy atom. The minimum atomic E-state index is -0.182. The fourth-order valence-electron chi connectivity index (χ4n) is 1.72. The first kappa shape index (κ1) is 15.1. The van der Waals surface area contributed by atoms with Crippen LogP contribution < -0.4 is 0 Å². The molecule has 1 aromatic carbocycles. The van der Waals surface area contributed by atoms with Crippen LogP contribution in [0.5, 0.6) is 0 Å². The van der Waals surface area contributed by atoms with Gasteiger partial charge in [-0.1, -0.05) is 31.9 Å². The third-order valence-corrected chi connectivity index (χ3v) is 3.64. The molecule has 1 rings (SSSR count). The van der Waals surface area contributed by atoms with E-state index in [1.54, 1.807) is 6.07 Å². The van der Waals surface area contributed by atoms with Crippen molar-refractivity contribution in [2.45, 2.75) is 32.9 Å². The zero-order valence-corrected chi connectivity index (χ0v) is 13.4. The van der Waals surface area contributed by atoms with Gasteiger partial charge in [-0.2, -0.15) is 0 Å². The lowest BCUT2D eigenvalue weighted by atomic mass is 10.2. The van der Waals surface area contributed by atoms with E-state index in [0.29, 0.717) is 6.04 Å². The fraction of sp³-hybridized carbons (Fsp3) is 0.538. The Labute approximate surface area is 120 Å². The van der Waals surface area contributed by atoms with E-state index >= 15 is 0 Å². The molecule has 0 radical (unpaired) electrons. The highest BCUT2D eigenvalue weighted by Crippen LogP contribution is 2.17. The summed E-state index contributed by atoms with van der Waals surface area (Å²) in [5.41, 5.74) is 1.01. The van der Waals surface area contributed by atoms with Crippen molar-refractivity contribution in [2.75, 3.05) is 11.9 Å². The van der Waals surface area contributed by atoms with Gasteiger partial charge < -0.3 is 0 Å². The summed E-state index contributed by atoms with van der Waals surface area (Å²) in [5, 5.41) is 1.00. The van der Waals surface area contributed by atoms with E-state index in [2.05, 4.69) is 50.6 Å². The molecule has 0 aromatic heterocycles. The third-order valence-electron chi connectivity index (χ3n) is 2.62. The summed E-state index contributed by atoms with van der Waals surface area (Å²) in [6.45, 7) is 6.16. The second kappa shape index (κ2) is 7.49. The maximum absolute atomic E-state index is 13.3. The van der Waals surface area contributed by atoms with E-state index in [1.165, 1.54) is 6.07 Å². The summed E-state index contributed by atoms with van der Waals surface area (Å²) in [5.74, 6) is -0.182. The summed E-state index contributed by atoms with van der Waals surface area (Å²) in [7, 11) is 0. The number of nitrogens with zero attached hydrogens (tertiary/aromatic N) is 1. The molecule has 0 amide bonds. The van der Waals surface area contributed by atoms with E-state index in [1.807, 2.05) is 6.07 Å². The van der Waals surface area contributed by atoms with E-state index < -0.39 is 0 Å². The zero-order chi connectivity index (χ0) is 12.8. The number of hydrogen-bond acceptors (Lipinski definition) is 1. The van der Waals surface area contributed by atoms with Gasteiger partial charge in [0.25, 0.3) is 0 Å². The smallest absolute Gasteiger partial charge is 0.124 e. The molecule has 0 fully saturated rings. The van der Waals surface area contributed by atoms with Crippen LogP contribution in [-0.4, -0.2) is 22.8 Å². The highest BCUT2D eigenvalue weighted by molar-refractivity contribution is 9.10. The highest BCUT2D eigenvalue weighted by atomic mass is 79.9. The molecule has 1 aromatic rings. The Hall–Kier alpha value is 0.0700. The third kappa shape index (κ3) is 5.49. The molecule has 1 nitrogen and oxygen atoms in total. The Balaban J connectivity index is 2.71. The average Bonchev–Trinajstić information content (AvgIpc) is 2.22. The number of rotatable bonds is 6. The zero-order valence-electron chi connectivity index (χ0n) is 10.2. The summed E-state index contributed by atoms with van der Waals surface area (Å²) < 4.78 is 14.1. The lowest BCUT2D eigenvalue weighted by Gasteiger charge is -2.26. The maximum atomic E-state index is 13.3. The highest BCUT2D eigenvalue weighted by Gasteiger charge is 2.10. The van der Waals surface area contributed by atoms with E-state index in [-0.39, 0.29) is 5.82 Å². The van der Waals surface area contributed by atoms with Crippen molar-refractivity contribution in [3.8, 4) is 0 Å². The molecule has 0 atom stereocenters. The van der Waals surface area contributed by atoms with Crippen molar-refractivity contribution < 1.29 is 4.39 Å². The fourth-order valence-corrected chi connectivity index (χ4v) is 2.48. The van der Waals surface area contributed by atoms with E-state index in [9.17, 15) is 4.39 Å². The molecule has 0 bridgehead atoms. The summed E-state index contributed by atoms with van der Waals surface area (Å²) >= 11 is 6.77. The number of alkyl halides is 1. The molecular weight excluding hydrogens is 349 g/mol. The van der Waals surface area contributed by atoms with Crippen molar-refractivity contribution in [3.05, 3.63) is 34.1 Å². The van der Waals surface area contributed by atoms with Crippen LogP contribution in [0.25, 0.3) is 0 Å². The van der Waals surface area contributed by atoms with Crippen LogP contribution >= 0.6 is 31.9 Å². The largest absolute Gasteiger partial charge is 0.297 e. The van der Waals surface area contributed by atoms with E-state index in [0.717, 1.165) is 34.9 Å². The number of hydrogen-bond donors (Lipinski definition) is 0. The van der Waals surface area contributed by atoms with Gasteiger partial charge in [0.1, 0.15) is 5.82 Å². The first-order valence-electron chi connectivity index (χ1n) is 5.78. The van der Waals surface area contributed by atoms with Crippen LogP contribution in [0, 0.1) is 5.82 Å². The molecule has 0 saturated carbocycles. The Bertz CT molecular complexity index is 335. The molecule has 0 aliphatic rings. The van der Waals surface area contributed by atoms with Gasteiger partial charge >= 0.3 is 0 Å². The molecule has 0 N–H and O–H groups in total. The van der Waals surface area contributed by atoms with Crippen LogP contribution in [0.15, 0.2) is 22.7 Å². The monoisotopic (exact) mass is 365 g/mol. The molecule has 96 valence electrons. The van der Waals surface area contributed by atoms with Gasteiger partial charge in [-0.25, -0.2) is 4.39 Å². The van der Waals surface area contributed by atoms with Gasteiger partial charge in [-0.15, -0.1) is 0 Å². The normalized spacial score (nSPS) is 11.5. The molecule has 17 heavy (non-hydrogen) atoms. The molecule has 0 aliphatic carbocycles. The molecule has 0 aliphatic heterocycles. The molecular formula is C13H18Br2FN. The van der Waals surface area contributed by atoms with Crippen LogP contribution in [-0.2, 0) is 6.54 Å². The molecule has 4 heteroatoms. The summed E-state index contributed by atoms with van der Waals surface area (Å²) in [6.07, 6.45) is 1.11. The second-order valence-corrected chi connectivity index (χ2v) is 6.09. The molecule has 0 heterocycles. The van der Waals surface area contributed by atoms with Gasteiger partial charge in [0.05, 0.1) is 0 Å². The Morgan fingerprint density at radius 2 is 2.00 bits per heavy atom. The van der Waals surface area contributed by atoms with Crippen molar-refractivity contribution in [3.63, 3.8) is 0 Å². The minimum Gasteiger partial charge on any atom is -0.297 e.